The van der Waals surface area contributed by atoms with Crippen molar-refractivity contribution in [1.82, 2.24) is 10.4 Å². The van der Waals surface area contributed by atoms with Gasteiger partial charge < -0.3 is 0 Å². The smallest absolute Gasteiger partial charge is 0.0270 e. The molecule has 3 N–H and O–H groups in total. The van der Waals surface area contributed by atoms with Crippen molar-refractivity contribution in [3.05, 3.63) is 30.1 Å². The maximum atomic E-state index is 5.71. The second-order valence-electron chi connectivity index (χ2n) is 5.07. The van der Waals surface area contributed by atoms with Crippen LogP contribution in [0.3, 0.4) is 0 Å². The first-order valence-corrected chi connectivity index (χ1v) is 6.75. The molecule has 3 nitrogen and oxygen atoms in total. The van der Waals surface area contributed by atoms with Gasteiger partial charge in [0.25, 0.3) is 0 Å². The maximum absolute atomic E-state index is 5.71. The summed E-state index contributed by atoms with van der Waals surface area (Å²) in [6.45, 7) is 0. The molecule has 1 unspecified atom stereocenters. The number of hydrogen-bond acceptors (Lipinski definition) is 3. The largest absolute Gasteiger partial charge is 0.271 e. The number of pyridine rings is 1. The molecule has 2 rings (SSSR count). The molecule has 17 heavy (non-hydrogen) atoms. The molecule has 1 aromatic heterocycles. The van der Waals surface area contributed by atoms with Crippen LogP contribution in [-0.4, -0.2) is 11.0 Å². The SMILES string of the molecule is NNC(CCc1ccncc1)C1CCCCC1. The van der Waals surface area contributed by atoms with Gasteiger partial charge in [-0.1, -0.05) is 19.3 Å². The van der Waals surface area contributed by atoms with Gasteiger partial charge in [-0.2, -0.15) is 0 Å². The van der Waals surface area contributed by atoms with E-state index in [-0.39, 0.29) is 0 Å². The fourth-order valence-corrected chi connectivity index (χ4v) is 2.86. The highest BCUT2D eigenvalue weighted by Gasteiger charge is 2.22. The molecule has 1 aliphatic rings. The molecule has 1 aliphatic carbocycles. The summed E-state index contributed by atoms with van der Waals surface area (Å²) in [6.07, 6.45) is 12.8. The third-order valence-corrected chi connectivity index (χ3v) is 3.93. The molecule has 1 heterocycles. The number of aromatic nitrogens is 1. The highest BCUT2D eigenvalue weighted by Crippen LogP contribution is 2.28. The second-order valence-corrected chi connectivity index (χ2v) is 5.07. The molecule has 0 amide bonds. The average molecular weight is 233 g/mol. The van der Waals surface area contributed by atoms with E-state index in [1.807, 2.05) is 12.4 Å². The zero-order valence-electron chi connectivity index (χ0n) is 10.4. The molecule has 0 aliphatic heterocycles. The van der Waals surface area contributed by atoms with Gasteiger partial charge in [0.2, 0.25) is 0 Å². The highest BCUT2D eigenvalue weighted by molar-refractivity contribution is 5.09. The normalized spacial score (nSPS) is 19.1. The number of nitrogens with zero attached hydrogens (tertiary/aromatic N) is 1. The first kappa shape index (κ1) is 12.5. The van der Waals surface area contributed by atoms with Crippen molar-refractivity contribution >= 4 is 0 Å². The Labute approximate surface area is 104 Å². The zero-order valence-corrected chi connectivity index (χ0v) is 10.4. The van der Waals surface area contributed by atoms with Crippen LogP contribution in [0.4, 0.5) is 0 Å². The van der Waals surface area contributed by atoms with Crippen molar-refractivity contribution in [3.63, 3.8) is 0 Å². The Bertz CT molecular complexity index is 307. The van der Waals surface area contributed by atoms with E-state index in [2.05, 4.69) is 22.5 Å². The average Bonchev–Trinajstić information content (AvgIpc) is 2.42. The van der Waals surface area contributed by atoms with Gasteiger partial charge in [0.1, 0.15) is 0 Å². The van der Waals surface area contributed by atoms with Gasteiger partial charge in [-0.25, -0.2) is 0 Å². The van der Waals surface area contributed by atoms with E-state index in [4.69, 9.17) is 5.84 Å². The molecule has 0 radical (unpaired) electrons. The molecule has 1 saturated carbocycles. The van der Waals surface area contributed by atoms with Gasteiger partial charge in [-0.05, 0) is 49.3 Å². The molecule has 1 atom stereocenters. The Morgan fingerprint density at radius 2 is 1.94 bits per heavy atom. The topological polar surface area (TPSA) is 50.9 Å². The predicted octanol–water partition coefficient (Wildman–Crippen LogP) is 2.43. The van der Waals surface area contributed by atoms with Crippen LogP contribution < -0.4 is 11.3 Å². The Morgan fingerprint density at radius 1 is 1.24 bits per heavy atom. The van der Waals surface area contributed by atoms with Crippen molar-refractivity contribution in [2.24, 2.45) is 11.8 Å². The van der Waals surface area contributed by atoms with Crippen LogP contribution in [0.2, 0.25) is 0 Å². The number of nitrogens with one attached hydrogen (secondary N) is 1. The van der Waals surface area contributed by atoms with Crippen molar-refractivity contribution in [2.45, 2.75) is 51.0 Å². The first-order valence-electron chi connectivity index (χ1n) is 6.75. The lowest BCUT2D eigenvalue weighted by molar-refractivity contribution is 0.260. The van der Waals surface area contributed by atoms with Gasteiger partial charge in [0.15, 0.2) is 0 Å². The van der Waals surface area contributed by atoms with Crippen molar-refractivity contribution in [3.8, 4) is 0 Å². The van der Waals surface area contributed by atoms with Crippen LogP contribution in [0.5, 0.6) is 0 Å². The minimum absolute atomic E-state index is 0.475. The fourth-order valence-electron chi connectivity index (χ4n) is 2.86. The Hall–Kier alpha value is -0.930. The minimum atomic E-state index is 0.475. The summed E-state index contributed by atoms with van der Waals surface area (Å²) in [4.78, 5) is 4.04. The van der Waals surface area contributed by atoms with Crippen LogP contribution in [0.25, 0.3) is 0 Å². The maximum Gasteiger partial charge on any atom is 0.0270 e. The van der Waals surface area contributed by atoms with Gasteiger partial charge >= 0.3 is 0 Å². The number of aryl methyl sites for hydroxylation is 1. The minimum Gasteiger partial charge on any atom is -0.271 e. The standard InChI is InChI=1S/C14H23N3/c15-17-14(13-4-2-1-3-5-13)7-6-12-8-10-16-11-9-12/h8-11,13-14,17H,1-7,15H2. The van der Waals surface area contributed by atoms with Crippen LogP contribution in [0.1, 0.15) is 44.1 Å². The Morgan fingerprint density at radius 3 is 2.59 bits per heavy atom. The molecular formula is C14H23N3. The van der Waals surface area contributed by atoms with Crippen molar-refractivity contribution in [1.29, 1.82) is 0 Å². The van der Waals surface area contributed by atoms with Gasteiger partial charge in [0.05, 0.1) is 0 Å². The lowest BCUT2D eigenvalue weighted by Gasteiger charge is -2.29. The lowest BCUT2D eigenvalue weighted by atomic mass is 9.82. The molecule has 1 aromatic rings. The molecule has 3 heteroatoms. The first-order chi connectivity index (χ1) is 8.40. The molecule has 0 aromatic carbocycles. The van der Waals surface area contributed by atoms with E-state index in [1.54, 1.807) is 0 Å². The van der Waals surface area contributed by atoms with Crippen molar-refractivity contribution in [2.75, 3.05) is 0 Å². The molecule has 0 spiro atoms. The summed E-state index contributed by atoms with van der Waals surface area (Å²) in [6, 6.07) is 4.66. The molecular weight excluding hydrogens is 210 g/mol. The van der Waals surface area contributed by atoms with E-state index < -0.39 is 0 Å². The third kappa shape index (κ3) is 3.79. The van der Waals surface area contributed by atoms with E-state index in [9.17, 15) is 0 Å². The number of hydrogen-bond donors (Lipinski definition) is 2. The molecule has 0 bridgehead atoms. The molecule has 0 saturated heterocycles. The number of rotatable bonds is 5. The molecule has 1 fully saturated rings. The summed E-state index contributed by atoms with van der Waals surface area (Å²) >= 11 is 0. The van der Waals surface area contributed by atoms with Crippen LogP contribution >= 0.6 is 0 Å². The number of hydrazine groups is 1. The quantitative estimate of drug-likeness (QED) is 0.606. The Kier molecular flexibility index (Phi) is 4.95. The predicted molar refractivity (Wildman–Crippen MR) is 70.2 cm³/mol. The zero-order chi connectivity index (χ0) is 11.9. The lowest BCUT2D eigenvalue weighted by Crippen LogP contribution is -2.42. The van der Waals surface area contributed by atoms with Crippen LogP contribution in [0, 0.1) is 5.92 Å². The number of nitrogens with two attached hydrogens (primary N) is 1. The second kappa shape index (κ2) is 6.72. The van der Waals surface area contributed by atoms with Crippen LogP contribution in [-0.2, 0) is 6.42 Å². The summed E-state index contributed by atoms with van der Waals surface area (Å²) in [7, 11) is 0. The monoisotopic (exact) mass is 233 g/mol. The van der Waals surface area contributed by atoms with E-state index in [0.29, 0.717) is 6.04 Å². The van der Waals surface area contributed by atoms with E-state index >= 15 is 0 Å². The van der Waals surface area contributed by atoms with Crippen molar-refractivity contribution < 1.29 is 0 Å². The fraction of sp³-hybridized carbons (Fsp3) is 0.643. The van der Waals surface area contributed by atoms with E-state index in [1.165, 1.54) is 37.7 Å². The van der Waals surface area contributed by atoms with Gasteiger partial charge in [0, 0.05) is 18.4 Å². The van der Waals surface area contributed by atoms with Gasteiger partial charge in [-0.3, -0.25) is 16.3 Å². The summed E-state index contributed by atoms with van der Waals surface area (Å²) in [5, 5.41) is 0. The van der Waals surface area contributed by atoms with Gasteiger partial charge in [-0.15, -0.1) is 0 Å². The third-order valence-electron chi connectivity index (χ3n) is 3.93. The summed E-state index contributed by atoms with van der Waals surface area (Å²) in [5.74, 6) is 6.48. The van der Waals surface area contributed by atoms with E-state index in [0.717, 1.165) is 18.8 Å². The summed E-state index contributed by atoms with van der Waals surface area (Å²) in [5.41, 5.74) is 4.38. The highest BCUT2D eigenvalue weighted by atomic mass is 15.2. The molecule has 94 valence electrons. The Balaban J connectivity index is 1.82. The van der Waals surface area contributed by atoms with Crippen LogP contribution in [0.15, 0.2) is 24.5 Å². The summed E-state index contributed by atoms with van der Waals surface area (Å²) < 4.78 is 0.